The summed E-state index contributed by atoms with van der Waals surface area (Å²) in [7, 11) is 2.90. The number of esters is 1. The minimum absolute atomic E-state index is 0.320. The predicted molar refractivity (Wildman–Crippen MR) is 86.3 cm³/mol. The lowest BCUT2D eigenvalue weighted by atomic mass is 10.2. The van der Waals surface area contributed by atoms with Gasteiger partial charge in [0.2, 0.25) is 5.91 Å². The van der Waals surface area contributed by atoms with E-state index < -0.39 is 5.97 Å². The Balaban J connectivity index is 2.02. The number of nitrogens with one attached hydrogen (secondary N) is 1. The van der Waals surface area contributed by atoms with Gasteiger partial charge in [-0.3, -0.25) is 4.79 Å². The van der Waals surface area contributed by atoms with E-state index in [9.17, 15) is 9.59 Å². The van der Waals surface area contributed by atoms with Crippen LogP contribution in [-0.2, 0) is 9.53 Å². The first-order valence-electron chi connectivity index (χ1n) is 6.43. The average Bonchev–Trinajstić information content (AvgIpc) is 3.00. The second-order valence-corrected chi connectivity index (χ2v) is 5.17. The van der Waals surface area contributed by atoms with Gasteiger partial charge in [-0.25, -0.2) is 4.79 Å². The second-order valence-electron chi connectivity index (χ2n) is 4.25. The Morgan fingerprint density at radius 3 is 2.50 bits per heavy atom. The van der Waals surface area contributed by atoms with Crippen molar-refractivity contribution in [1.29, 1.82) is 0 Å². The van der Waals surface area contributed by atoms with Crippen LogP contribution in [-0.4, -0.2) is 26.1 Å². The normalized spacial score (nSPS) is 10.5. The molecule has 0 radical (unpaired) electrons. The lowest BCUT2D eigenvalue weighted by Crippen LogP contribution is -2.10. The fourth-order valence-corrected chi connectivity index (χ4v) is 2.49. The molecule has 114 valence electrons. The van der Waals surface area contributed by atoms with E-state index in [4.69, 9.17) is 4.74 Å². The van der Waals surface area contributed by atoms with Gasteiger partial charge in [0.1, 0.15) is 10.6 Å². The molecule has 0 spiro atoms. The number of methoxy groups -OCH3 is 2. The largest absolute Gasteiger partial charge is 0.497 e. The van der Waals surface area contributed by atoms with E-state index >= 15 is 0 Å². The molecular formula is C16H15NO4S. The molecule has 0 saturated heterocycles. The Morgan fingerprint density at radius 2 is 1.86 bits per heavy atom. The first kappa shape index (κ1) is 15.8. The van der Waals surface area contributed by atoms with Crippen LogP contribution in [0.25, 0.3) is 6.08 Å². The number of ether oxygens (including phenoxy) is 2. The van der Waals surface area contributed by atoms with Gasteiger partial charge in [0.15, 0.2) is 0 Å². The van der Waals surface area contributed by atoms with Crippen LogP contribution in [0, 0.1) is 0 Å². The van der Waals surface area contributed by atoms with E-state index in [1.54, 1.807) is 24.6 Å². The van der Waals surface area contributed by atoms with Gasteiger partial charge in [-0.05, 0) is 35.2 Å². The predicted octanol–water partition coefficient (Wildman–Crippen LogP) is 3.20. The van der Waals surface area contributed by atoms with E-state index in [2.05, 4.69) is 10.1 Å². The Kier molecular flexibility index (Phi) is 5.32. The molecule has 22 heavy (non-hydrogen) atoms. The number of carbonyl (C=O) groups is 2. The number of carbonyl (C=O) groups excluding carboxylic acids is 2. The molecule has 0 saturated carbocycles. The van der Waals surface area contributed by atoms with E-state index in [1.807, 2.05) is 24.3 Å². The van der Waals surface area contributed by atoms with Gasteiger partial charge in [0.05, 0.1) is 19.9 Å². The van der Waals surface area contributed by atoms with Crippen molar-refractivity contribution < 1.29 is 19.1 Å². The third-order valence-electron chi connectivity index (χ3n) is 2.84. The summed E-state index contributed by atoms with van der Waals surface area (Å²) in [5.74, 6) is -0.0357. The second kappa shape index (κ2) is 7.42. The molecule has 1 N–H and O–H groups in total. The molecule has 1 aromatic carbocycles. The van der Waals surface area contributed by atoms with Crippen molar-refractivity contribution in [3.8, 4) is 5.75 Å². The van der Waals surface area contributed by atoms with Crippen LogP contribution in [0.5, 0.6) is 5.75 Å². The van der Waals surface area contributed by atoms with Gasteiger partial charge < -0.3 is 14.8 Å². The minimum Gasteiger partial charge on any atom is -0.497 e. The van der Waals surface area contributed by atoms with Gasteiger partial charge in [0.25, 0.3) is 0 Å². The van der Waals surface area contributed by atoms with E-state index in [1.165, 1.54) is 24.5 Å². The summed E-state index contributed by atoms with van der Waals surface area (Å²) in [6, 6.07) is 8.97. The number of hydrogen-bond donors (Lipinski definition) is 1. The number of amides is 1. The highest BCUT2D eigenvalue weighted by Crippen LogP contribution is 2.23. The highest BCUT2D eigenvalue weighted by atomic mass is 32.1. The zero-order chi connectivity index (χ0) is 15.9. The molecule has 0 aliphatic heterocycles. The number of anilines is 1. The fraction of sp³-hybridized carbons (Fsp3) is 0.125. The monoisotopic (exact) mass is 317 g/mol. The zero-order valence-corrected chi connectivity index (χ0v) is 13.0. The standard InChI is InChI=1S/C16H15NO4S/c1-20-12-6-3-11(4-7-12)5-8-14(18)17-13-9-10-22-15(13)16(19)21-2/h3-10H,1-2H3,(H,17,18). The van der Waals surface area contributed by atoms with Gasteiger partial charge in [-0.15, -0.1) is 11.3 Å². The highest BCUT2D eigenvalue weighted by Gasteiger charge is 2.14. The quantitative estimate of drug-likeness (QED) is 0.679. The van der Waals surface area contributed by atoms with Crippen molar-refractivity contribution in [2.75, 3.05) is 19.5 Å². The third kappa shape index (κ3) is 3.95. The summed E-state index contributed by atoms with van der Waals surface area (Å²) in [6.07, 6.45) is 3.08. The first-order chi connectivity index (χ1) is 10.6. The van der Waals surface area contributed by atoms with Crippen LogP contribution < -0.4 is 10.1 Å². The maximum Gasteiger partial charge on any atom is 0.350 e. The molecule has 1 aromatic heterocycles. The smallest absolute Gasteiger partial charge is 0.350 e. The summed E-state index contributed by atoms with van der Waals surface area (Å²) in [5.41, 5.74) is 1.32. The van der Waals surface area contributed by atoms with Crippen molar-refractivity contribution in [1.82, 2.24) is 0 Å². The highest BCUT2D eigenvalue weighted by molar-refractivity contribution is 7.12. The number of rotatable bonds is 5. The molecule has 2 rings (SSSR count). The molecule has 0 aliphatic rings. The molecule has 2 aromatic rings. The van der Waals surface area contributed by atoms with Crippen molar-refractivity contribution in [3.63, 3.8) is 0 Å². The molecule has 1 heterocycles. The summed E-state index contributed by atoms with van der Waals surface area (Å²) in [4.78, 5) is 23.8. The van der Waals surface area contributed by atoms with Gasteiger partial charge in [-0.1, -0.05) is 12.1 Å². The van der Waals surface area contributed by atoms with Crippen LogP contribution in [0.2, 0.25) is 0 Å². The lowest BCUT2D eigenvalue weighted by Gasteiger charge is -2.03. The van der Waals surface area contributed by atoms with Crippen molar-refractivity contribution >= 4 is 35.0 Å². The summed E-state index contributed by atoms with van der Waals surface area (Å²) < 4.78 is 9.72. The SMILES string of the molecule is COC(=O)c1sccc1NC(=O)C=Cc1ccc(OC)cc1. The Bertz CT molecular complexity index is 688. The Hall–Kier alpha value is -2.60. The molecule has 0 bridgehead atoms. The van der Waals surface area contributed by atoms with Crippen LogP contribution in [0.15, 0.2) is 41.8 Å². The molecule has 0 fully saturated rings. The molecule has 1 amide bonds. The van der Waals surface area contributed by atoms with E-state index in [0.717, 1.165) is 11.3 Å². The van der Waals surface area contributed by atoms with Gasteiger partial charge >= 0.3 is 5.97 Å². The van der Waals surface area contributed by atoms with E-state index in [0.29, 0.717) is 10.6 Å². The summed E-state index contributed by atoms with van der Waals surface area (Å²) in [5, 5.41) is 4.38. The average molecular weight is 317 g/mol. The number of thiophene rings is 1. The van der Waals surface area contributed by atoms with Gasteiger partial charge in [0, 0.05) is 6.08 Å². The lowest BCUT2D eigenvalue weighted by molar-refractivity contribution is -0.111. The summed E-state index contributed by atoms with van der Waals surface area (Å²) in [6.45, 7) is 0. The molecule has 0 unspecified atom stereocenters. The van der Waals surface area contributed by atoms with Crippen LogP contribution in [0.1, 0.15) is 15.2 Å². The Labute approximate surface area is 132 Å². The van der Waals surface area contributed by atoms with Crippen molar-refractivity contribution in [2.45, 2.75) is 0 Å². The molecule has 0 aliphatic carbocycles. The van der Waals surface area contributed by atoms with Crippen molar-refractivity contribution in [2.24, 2.45) is 0 Å². The maximum atomic E-state index is 11.9. The molecular weight excluding hydrogens is 302 g/mol. The van der Waals surface area contributed by atoms with Crippen LogP contribution in [0.4, 0.5) is 5.69 Å². The summed E-state index contributed by atoms with van der Waals surface area (Å²) >= 11 is 1.22. The minimum atomic E-state index is -0.468. The van der Waals surface area contributed by atoms with Crippen molar-refractivity contribution in [3.05, 3.63) is 52.2 Å². The van der Waals surface area contributed by atoms with Crippen LogP contribution >= 0.6 is 11.3 Å². The molecule has 0 atom stereocenters. The number of benzene rings is 1. The van der Waals surface area contributed by atoms with Crippen LogP contribution in [0.3, 0.4) is 0 Å². The topological polar surface area (TPSA) is 64.6 Å². The Morgan fingerprint density at radius 1 is 1.14 bits per heavy atom. The maximum absolute atomic E-state index is 11.9. The molecule has 5 nitrogen and oxygen atoms in total. The third-order valence-corrected chi connectivity index (χ3v) is 3.73. The number of hydrogen-bond acceptors (Lipinski definition) is 5. The molecule has 6 heteroatoms. The van der Waals surface area contributed by atoms with Gasteiger partial charge in [-0.2, -0.15) is 0 Å². The first-order valence-corrected chi connectivity index (χ1v) is 7.31. The van der Waals surface area contributed by atoms with E-state index in [-0.39, 0.29) is 5.91 Å². The fourth-order valence-electron chi connectivity index (χ4n) is 1.72. The zero-order valence-electron chi connectivity index (χ0n) is 12.2.